The lowest BCUT2D eigenvalue weighted by atomic mass is 10.2. The highest BCUT2D eigenvalue weighted by atomic mass is 35.5. The number of halogens is 1. The van der Waals surface area contributed by atoms with Gasteiger partial charge in [0.25, 0.3) is 5.03 Å². The first kappa shape index (κ1) is 16.6. The second-order valence-electron chi connectivity index (χ2n) is 5.06. The second kappa shape index (κ2) is 8.04. The van der Waals surface area contributed by atoms with Crippen molar-refractivity contribution in [3.05, 3.63) is 88.5 Å². The van der Waals surface area contributed by atoms with E-state index in [9.17, 15) is 5.21 Å². The lowest BCUT2D eigenvalue weighted by Gasteiger charge is -2.12. The molecule has 0 unspecified atom stereocenters. The zero-order valence-electron chi connectivity index (χ0n) is 12.8. The van der Waals surface area contributed by atoms with Gasteiger partial charge in [-0.1, -0.05) is 29.4 Å². The van der Waals surface area contributed by atoms with Crippen LogP contribution < -0.4 is 9.47 Å². The van der Waals surface area contributed by atoms with E-state index in [0.29, 0.717) is 22.4 Å². The topological polar surface area (TPSA) is 49.1 Å². The summed E-state index contributed by atoms with van der Waals surface area (Å²) in [6.45, 7) is 0.431. The molecule has 6 heteroatoms. The third-order valence-corrected chi connectivity index (χ3v) is 4.61. The molecule has 0 spiro atoms. The van der Waals surface area contributed by atoms with Crippen molar-refractivity contribution in [2.24, 2.45) is 0 Å². The van der Waals surface area contributed by atoms with Crippen LogP contribution in [0.15, 0.2) is 72.1 Å². The van der Waals surface area contributed by atoms with Crippen LogP contribution in [0, 0.1) is 5.21 Å². The number of hydrogen-bond acceptors (Lipinski definition) is 4. The fraction of sp³-hybridized carbons (Fsp3) is 0.111. The number of rotatable bonds is 6. The third-order valence-electron chi connectivity index (χ3n) is 3.30. The number of nitrogens with zero attached hydrogens (tertiary/aromatic N) is 2. The first-order chi connectivity index (χ1) is 11.7. The van der Waals surface area contributed by atoms with Crippen LogP contribution in [-0.4, -0.2) is 4.98 Å². The second-order valence-corrected chi connectivity index (χ2v) is 6.49. The lowest BCUT2D eigenvalue weighted by Crippen LogP contribution is -2.27. The predicted octanol–water partition coefficient (Wildman–Crippen LogP) is 4.24. The highest BCUT2D eigenvalue weighted by Gasteiger charge is 2.10. The van der Waals surface area contributed by atoms with E-state index in [0.717, 1.165) is 21.6 Å². The zero-order valence-corrected chi connectivity index (χ0v) is 14.3. The van der Waals surface area contributed by atoms with Crippen molar-refractivity contribution in [1.82, 2.24) is 4.98 Å². The summed E-state index contributed by atoms with van der Waals surface area (Å²) < 4.78 is 6.75. The van der Waals surface area contributed by atoms with Crippen LogP contribution in [0.1, 0.15) is 11.1 Å². The summed E-state index contributed by atoms with van der Waals surface area (Å²) in [6, 6.07) is 14.7. The highest BCUT2D eigenvalue weighted by Crippen LogP contribution is 2.29. The van der Waals surface area contributed by atoms with Crippen LogP contribution in [0.2, 0.25) is 5.02 Å². The van der Waals surface area contributed by atoms with Crippen molar-refractivity contribution in [2.45, 2.75) is 17.4 Å². The number of hydrogen-bond donors (Lipinski definition) is 0. The summed E-state index contributed by atoms with van der Waals surface area (Å²) in [4.78, 5) is 4.08. The van der Waals surface area contributed by atoms with E-state index >= 15 is 0 Å². The molecule has 0 amide bonds. The molecule has 24 heavy (non-hydrogen) atoms. The molecule has 0 saturated carbocycles. The minimum Gasteiger partial charge on any atom is -0.618 e. The summed E-state index contributed by atoms with van der Waals surface area (Å²) in [5.74, 6) is 1.35. The van der Waals surface area contributed by atoms with Gasteiger partial charge in [0.05, 0.1) is 0 Å². The van der Waals surface area contributed by atoms with Gasteiger partial charge in [-0.25, -0.2) is 0 Å². The molecule has 3 aromatic rings. The number of ether oxygens (including phenoxy) is 1. The highest BCUT2D eigenvalue weighted by molar-refractivity contribution is 7.98. The molecule has 1 aromatic carbocycles. The summed E-state index contributed by atoms with van der Waals surface area (Å²) in [6.07, 6.45) is 4.99. The van der Waals surface area contributed by atoms with Gasteiger partial charge in [-0.15, -0.1) is 0 Å². The van der Waals surface area contributed by atoms with E-state index in [2.05, 4.69) is 4.98 Å². The minimum atomic E-state index is 0.431. The Kier molecular flexibility index (Phi) is 5.56. The average Bonchev–Trinajstić information content (AvgIpc) is 2.61. The SMILES string of the molecule is [O-][n+]1ccccc1SCc1cc(Cl)ccc1OCc1cccnc1. The molecule has 0 N–H and O–H groups in total. The summed E-state index contributed by atoms with van der Waals surface area (Å²) in [5, 5.41) is 13.0. The van der Waals surface area contributed by atoms with Crippen LogP contribution in [0.3, 0.4) is 0 Å². The van der Waals surface area contributed by atoms with Gasteiger partial charge in [0.2, 0.25) is 0 Å². The van der Waals surface area contributed by atoms with Crippen molar-refractivity contribution >= 4 is 23.4 Å². The average molecular weight is 359 g/mol. The molecule has 0 atom stereocenters. The molecule has 0 radical (unpaired) electrons. The van der Waals surface area contributed by atoms with Gasteiger partial charge in [0.15, 0.2) is 6.20 Å². The maximum Gasteiger partial charge on any atom is 0.251 e. The maximum atomic E-state index is 11.7. The number of thioether (sulfide) groups is 1. The van der Waals surface area contributed by atoms with Gasteiger partial charge in [-0.2, -0.15) is 4.73 Å². The molecular weight excluding hydrogens is 344 g/mol. The molecular formula is C18H15ClN2O2S. The first-order valence-electron chi connectivity index (χ1n) is 7.33. The molecule has 0 saturated heterocycles. The number of aromatic nitrogens is 2. The van der Waals surface area contributed by atoms with E-state index in [1.807, 2.05) is 30.3 Å². The van der Waals surface area contributed by atoms with Crippen LogP contribution in [0.25, 0.3) is 0 Å². The molecule has 3 rings (SSSR count). The first-order valence-corrected chi connectivity index (χ1v) is 8.70. The maximum absolute atomic E-state index is 11.7. The molecule has 2 aromatic heterocycles. The summed E-state index contributed by atoms with van der Waals surface area (Å²) in [7, 11) is 0. The minimum absolute atomic E-state index is 0.431. The van der Waals surface area contributed by atoms with E-state index in [4.69, 9.17) is 16.3 Å². The molecule has 122 valence electrons. The van der Waals surface area contributed by atoms with Crippen LogP contribution in [0.4, 0.5) is 0 Å². The van der Waals surface area contributed by atoms with Crippen LogP contribution in [-0.2, 0) is 12.4 Å². The van der Waals surface area contributed by atoms with Gasteiger partial charge in [0.1, 0.15) is 12.4 Å². The van der Waals surface area contributed by atoms with Crippen molar-refractivity contribution in [2.75, 3.05) is 0 Å². The molecule has 0 aliphatic carbocycles. The smallest absolute Gasteiger partial charge is 0.251 e. The van der Waals surface area contributed by atoms with Gasteiger partial charge in [0, 0.05) is 46.4 Å². The number of pyridine rings is 2. The van der Waals surface area contributed by atoms with E-state index in [-0.39, 0.29) is 0 Å². The Hall–Kier alpha value is -2.24. The van der Waals surface area contributed by atoms with E-state index in [1.54, 1.807) is 30.6 Å². The third kappa shape index (κ3) is 4.40. The molecule has 0 fully saturated rings. The fourth-order valence-corrected chi connectivity index (χ4v) is 3.21. The Morgan fingerprint density at radius 2 is 2.08 bits per heavy atom. The van der Waals surface area contributed by atoms with Crippen molar-refractivity contribution in [3.8, 4) is 5.75 Å². The zero-order chi connectivity index (χ0) is 16.8. The van der Waals surface area contributed by atoms with Gasteiger partial charge >= 0.3 is 0 Å². The molecule has 2 heterocycles. The van der Waals surface area contributed by atoms with Crippen LogP contribution >= 0.6 is 23.4 Å². The summed E-state index contributed by atoms with van der Waals surface area (Å²) >= 11 is 7.55. The standard InChI is InChI=1S/C18H15ClN2O2S/c19-16-6-7-17(23-12-14-4-3-8-20-11-14)15(10-16)13-24-18-5-1-2-9-21(18)22/h1-11H,12-13H2. The van der Waals surface area contributed by atoms with Crippen molar-refractivity contribution in [1.29, 1.82) is 0 Å². The van der Waals surface area contributed by atoms with Crippen molar-refractivity contribution < 1.29 is 9.47 Å². The van der Waals surface area contributed by atoms with Crippen molar-refractivity contribution in [3.63, 3.8) is 0 Å². The Bertz CT molecular complexity index is 815. The largest absolute Gasteiger partial charge is 0.618 e. The molecule has 0 bridgehead atoms. The molecule has 0 aliphatic rings. The quantitative estimate of drug-likeness (QED) is 0.375. The lowest BCUT2D eigenvalue weighted by molar-refractivity contribution is -0.645. The Labute approximate surface area is 149 Å². The normalized spacial score (nSPS) is 10.5. The summed E-state index contributed by atoms with van der Waals surface area (Å²) in [5.41, 5.74) is 1.94. The predicted molar refractivity (Wildman–Crippen MR) is 95.0 cm³/mol. The monoisotopic (exact) mass is 358 g/mol. The number of benzene rings is 1. The van der Waals surface area contributed by atoms with Crippen LogP contribution in [0.5, 0.6) is 5.75 Å². The van der Waals surface area contributed by atoms with Gasteiger partial charge in [-0.05, 0) is 30.3 Å². The fourth-order valence-electron chi connectivity index (χ4n) is 2.12. The van der Waals surface area contributed by atoms with Gasteiger partial charge in [-0.3, -0.25) is 4.98 Å². The molecule has 0 aliphatic heterocycles. The Morgan fingerprint density at radius 1 is 1.17 bits per heavy atom. The molecule has 4 nitrogen and oxygen atoms in total. The Balaban J connectivity index is 1.72. The van der Waals surface area contributed by atoms with Gasteiger partial charge < -0.3 is 9.94 Å². The van der Waals surface area contributed by atoms with E-state index < -0.39 is 0 Å². The Morgan fingerprint density at radius 3 is 2.88 bits per heavy atom. The van der Waals surface area contributed by atoms with E-state index in [1.165, 1.54) is 18.0 Å².